The Kier molecular flexibility index (Phi) is 5.71. The molecule has 136 valence electrons. The highest BCUT2D eigenvalue weighted by atomic mass is 19.1. The lowest BCUT2D eigenvalue weighted by molar-refractivity contribution is 0.583. The third-order valence-corrected chi connectivity index (χ3v) is 4.16. The summed E-state index contributed by atoms with van der Waals surface area (Å²) in [6.45, 7) is 7.90. The average Bonchev–Trinajstić information content (AvgIpc) is 3.00. The van der Waals surface area contributed by atoms with Crippen molar-refractivity contribution in [3.63, 3.8) is 0 Å². The van der Waals surface area contributed by atoms with Crippen molar-refractivity contribution in [3.05, 3.63) is 90.0 Å². The number of halogens is 1. The van der Waals surface area contributed by atoms with Crippen molar-refractivity contribution in [2.45, 2.75) is 20.4 Å². The van der Waals surface area contributed by atoms with E-state index in [1.807, 2.05) is 44.2 Å². The van der Waals surface area contributed by atoms with Gasteiger partial charge in [-0.3, -0.25) is 14.7 Å². The number of aromatic nitrogens is 3. The van der Waals surface area contributed by atoms with Crippen LogP contribution in [0.4, 0.5) is 4.39 Å². The van der Waals surface area contributed by atoms with Crippen molar-refractivity contribution in [3.8, 4) is 11.4 Å². The molecule has 2 aromatic heterocycles. The van der Waals surface area contributed by atoms with Gasteiger partial charge in [0, 0.05) is 23.5 Å². The molecule has 0 saturated carbocycles. The molecule has 4 nitrogen and oxygen atoms in total. The minimum atomic E-state index is -0.260. The number of aliphatic imine (C=N–C) groups is 1. The molecule has 0 amide bonds. The maximum absolute atomic E-state index is 14.2. The predicted octanol–water partition coefficient (Wildman–Crippen LogP) is 5.06. The van der Waals surface area contributed by atoms with E-state index < -0.39 is 0 Å². The van der Waals surface area contributed by atoms with Crippen LogP contribution in [0, 0.1) is 12.7 Å². The number of nitrogens with zero attached hydrogens (tertiary/aromatic N) is 4. The van der Waals surface area contributed by atoms with E-state index in [-0.39, 0.29) is 5.82 Å². The smallest absolute Gasteiger partial charge is 0.128 e. The second-order valence-corrected chi connectivity index (χ2v) is 5.96. The summed E-state index contributed by atoms with van der Waals surface area (Å²) in [5.41, 5.74) is 4.55. The van der Waals surface area contributed by atoms with Gasteiger partial charge in [0.15, 0.2) is 0 Å². The third kappa shape index (κ3) is 3.92. The lowest BCUT2D eigenvalue weighted by Gasteiger charge is -2.09. The monoisotopic (exact) mass is 360 g/mol. The van der Waals surface area contributed by atoms with Gasteiger partial charge in [-0.2, -0.15) is 5.10 Å². The van der Waals surface area contributed by atoms with Crippen molar-refractivity contribution in [1.82, 2.24) is 14.8 Å². The second-order valence-electron chi connectivity index (χ2n) is 5.96. The number of rotatable bonds is 6. The van der Waals surface area contributed by atoms with Crippen molar-refractivity contribution < 1.29 is 4.39 Å². The van der Waals surface area contributed by atoms with Gasteiger partial charge in [-0.05, 0) is 38.1 Å². The summed E-state index contributed by atoms with van der Waals surface area (Å²) in [6, 6.07) is 12.4. The van der Waals surface area contributed by atoms with E-state index in [0.717, 1.165) is 28.3 Å². The summed E-state index contributed by atoms with van der Waals surface area (Å²) >= 11 is 0. The fourth-order valence-electron chi connectivity index (χ4n) is 2.96. The van der Waals surface area contributed by atoms with Gasteiger partial charge >= 0.3 is 0 Å². The van der Waals surface area contributed by atoms with E-state index in [0.29, 0.717) is 12.1 Å². The van der Waals surface area contributed by atoms with Gasteiger partial charge in [0.05, 0.1) is 23.6 Å². The summed E-state index contributed by atoms with van der Waals surface area (Å²) in [7, 11) is 0. The molecule has 0 atom stereocenters. The zero-order valence-corrected chi connectivity index (χ0v) is 15.4. The summed E-state index contributed by atoms with van der Waals surface area (Å²) in [5, 5.41) is 4.74. The van der Waals surface area contributed by atoms with E-state index in [4.69, 9.17) is 5.10 Å². The number of hydrogen-bond donors (Lipinski definition) is 0. The zero-order valence-electron chi connectivity index (χ0n) is 15.4. The van der Waals surface area contributed by atoms with Crippen LogP contribution in [0.5, 0.6) is 0 Å². The van der Waals surface area contributed by atoms with Crippen LogP contribution in [-0.2, 0) is 6.54 Å². The van der Waals surface area contributed by atoms with Gasteiger partial charge in [0.1, 0.15) is 11.5 Å². The molecule has 0 aliphatic rings. The fourth-order valence-corrected chi connectivity index (χ4v) is 2.96. The van der Waals surface area contributed by atoms with Crippen LogP contribution in [0.25, 0.3) is 17.1 Å². The Hall–Kier alpha value is -3.34. The molecule has 0 bridgehead atoms. The Morgan fingerprint density at radius 1 is 1.22 bits per heavy atom. The molecule has 1 aromatic carbocycles. The highest BCUT2D eigenvalue weighted by molar-refractivity contribution is 5.77. The minimum Gasteiger partial charge on any atom is -0.259 e. The predicted molar refractivity (Wildman–Crippen MR) is 108 cm³/mol. The molecule has 0 aliphatic heterocycles. The number of allylic oxidation sites excluding steroid dienone is 2. The lowest BCUT2D eigenvalue weighted by Crippen LogP contribution is -2.08. The number of benzene rings is 1. The van der Waals surface area contributed by atoms with E-state index in [9.17, 15) is 4.39 Å². The highest BCUT2D eigenvalue weighted by Crippen LogP contribution is 2.29. The van der Waals surface area contributed by atoms with Crippen LogP contribution in [0.1, 0.15) is 23.7 Å². The molecule has 0 aliphatic carbocycles. The van der Waals surface area contributed by atoms with Crippen molar-refractivity contribution in [2.75, 3.05) is 0 Å². The van der Waals surface area contributed by atoms with Gasteiger partial charge in [-0.25, -0.2) is 4.39 Å². The fraction of sp³-hybridized carbons (Fsp3) is 0.136. The third-order valence-electron chi connectivity index (χ3n) is 4.16. The molecular formula is C22H21FN4. The molecule has 0 saturated heterocycles. The molecule has 0 radical (unpaired) electrons. The standard InChI is InChI=1S/C22H21FN4/c1-4-10-20(24-5-2)22-16(3)21(19-13-8-9-14-25-19)26-27(22)15-17-11-6-7-12-18(17)23/h4-14H,1,15H2,2-3H3/b20-10-,24-5?. The van der Waals surface area contributed by atoms with Crippen LogP contribution >= 0.6 is 0 Å². The van der Waals surface area contributed by atoms with Crippen LogP contribution < -0.4 is 0 Å². The Bertz CT molecular complexity index is 1000. The van der Waals surface area contributed by atoms with Gasteiger partial charge in [0.2, 0.25) is 0 Å². The first-order chi connectivity index (χ1) is 13.2. The highest BCUT2D eigenvalue weighted by Gasteiger charge is 2.20. The molecule has 3 rings (SSSR count). The maximum atomic E-state index is 14.2. The Balaban J connectivity index is 2.19. The van der Waals surface area contributed by atoms with Gasteiger partial charge in [0.25, 0.3) is 0 Å². The van der Waals surface area contributed by atoms with E-state index >= 15 is 0 Å². The first-order valence-electron chi connectivity index (χ1n) is 8.69. The largest absolute Gasteiger partial charge is 0.259 e. The van der Waals surface area contributed by atoms with Crippen molar-refractivity contribution >= 4 is 11.9 Å². The molecule has 0 N–H and O–H groups in total. The lowest BCUT2D eigenvalue weighted by atomic mass is 10.1. The van der Waals surface area contributed by atoms with Crippen molar-refractivity contribution in [1.29, 1.82) is 0 Å². The maximum Gasteiger partial charge on any atom is 0.128 e. The van der Waals surface area contributed by atoms with Crippen LogP contribution in [0.15, 0.2) is 72.4 Å². The number of pyridine rings is 1. The number of hydrogen-bond acceptors (Lipinski definition) is 3. The summed E-state index contributed by atoms with van der Waals surface area (Å²) < 4.78 is 16.0. The summed E-state index contributed by atoms with van der Waals surface area (Å²) in [5.74, 6) is -0.260. The second kappa shape index (κ2) is 8.36. The Morgan fingerprint density at radius 3 is 2.67 bits per heavy atom. The van der Waals surface area contributed by atoms with Gasteiger partial charge in [-0.15, -0.1) is 0 Å². The Labute approximate surface area is 158 Å². The minimum absolute atomic E-state index is 0.260. The molecule has 2 heterocycles. The first-order valence-corrected chi connectivity index (χ1v) is 8.69. The molecular weight excluding hydrogens is 339 g/mol. The normalized spacial score (nSPS) is 11.9. The van der Waals surface area contributed by atoms with Crippen LogP contribution in [0.2, 0.25) is 0 Å². The first kappa shape index (κ1) is 18.5. The van der Waals surface area contributed by atoms with Crippen LogP contribution in [-0.4, -0.2) is 21.0 Å². The van der Waals surface area contributed by atoms with Gasteiger partial charge < -0.3 is 0 Å². The molecule has 27 heavy (non-hydrogen) atoms. The van der Waals surface area contributed by atoms with Crippen molar-refractivity contribution in [2.24, 2.45) is 4.99 Å². The molecule has 5 heteroatoms. The molecule has 0 fully saturated rings. The van der Waals surface area contributed by atoms with E-state index in [2.05, 4.69) is 16.6 Å². The zero-order chi connectivity index (χ0) is 19.2. The quantitative estimate of drug-likeness (QED) is 0.455. The molecule has 0 unspecified atom stereocenters. The topological polar surface area (TPSA) is 43.1 Å². The van der Waals surface area contributed by atoms with Crippen LogP contribution in [0.3, 0.4) is 0 Å². The average molecular weight is 360 g/mol. The summed E-state index contributed by atoms with van der Waals surface area (Å²) in [4.78, 5) is 8.88. The van der Waals surface area contributed by atoms with E-state index in [1.54, 1.807) is 35.3 Å². The van der Waals surface area contributed by atoms with Gasteiger partial charge in [-0.1, -0.05) is 36.9 Å². The molecule has 0 spiro atoms. The van der Waals surface area contributed by atoms with E-state index in [1.165, 1.54) is 6.07 Å². The SMILES string of the molecule is C=C/C=C(\N=CC)c1c(C)c(-c2ccccn2)nn1Cc1ccccc1F. The Morgan fingerprint density at radius 2 is 2.00 bits per heavy atom. The molecule has 3 aromatic rings. The summed E-state index contributed by atoms with van der Waals surface area (Å²) in [6.07, 6.45) is 6.96.